The van der Waals surface area contributed by atoms with Gasteiger partial charge in [-0.3, -0.25) is 4.98 Å². The predicted molar refractivity (Wildman–Crippen MR) is 128 cm³/mol. The average Bonchev–Trinajstić information content (AvgIpc) is 3.23. The van der Waals surface area contributed by atoms with E-state index in [0.717, 1.165) is 10.6 Å². The van der Waals surface area contributed by atoms with Crippen LogP contribution in [0, 0.1) is 11.6 Å². The van der Waals surface area contributed by atoms with Crippen molar-refractivity contribution in [3.8, 4) is 34.8 Å². The van der Waals surface area contributed by atoms with Crippen molar-refractivity contribution < 1.29 is 42.4 Å². The van der Waals surface area contributed by atoms with Crippen molar-refractivity contribution in [2.24, 2.45) is 0 Å². The largest absolute Gasteiger partial charge is 0.496 e. The maximum absolute atomic E-state index is 14.4. The monoisotopic (exact) mass is 552 g/mol. The first-order chi connectivity index (χ1) is 18.2. The molecule has 0 saturated heterocycles. The van der Waals surface area contributed by atoms with Gasteiger partial charge in [0.05, 0.1) is 37.6 Å². The number of nitrogens with one attached hydrogen (secondary N) is 1. The Morgan fingerprint density at radius 2 is 1.79 bits per heavy atom. The third-order valence-corrected chi connectivity index (χ3v) is 5.52. The fourth-order valence-electron chi connectivity index (χ4n) is 3.52. The molecule has 0 amide bonds. The number of benzene rings is 2. The average molecular weight is 553 g/mol. The Balaban J connectivity index is 1.82. The molecule has 0 atom stereocenters. The molecule has 38 heavy (non-hydrogen) atoms. The molecule has 200 valence electrons. The number of aromatic amines is 1. The quantitative estimate of drug-likeness (QED) is 0.301. The molecule has 2 aromatic carbocycles. The second kappa shape index (κ2) is 10.8. The zero-order valence-electron chi connectivity index (χ0n) is 20.0. The van der Waals surface area contributed by atoms with Gasteiger partial charge in [0.2, 0.25) is 5.88 Å². The maximum atomic E-state index is 14.4. The number of ether oxygens (including phenoxy) is 5. The lowest BCUT2D eigenvalue weighted by molar-refractivity contribution is -0.139. The number of aliphatic carboxylic acids is 1. The Labute approximate surface area is 217 Å². The van der Waals surface area contributed by atoms with Crippen LogP contribution in [0.2, 0.25) is 5.02 Å². The third-order valence-electron chi connectivity index (χ3n) is 5.22. The smallest absolute Gasteiger partial charge is 0.341 e. The Morgan fingerprint density at radius 1 is 1.05 bits per heavy atom. The molecule has 4 aromatic rings. The first-order valence-electron chi connectivity index (χ1n) is 10.6. The molecule has 4 rings (SSSR count). The molecule has 0 unspecified atom stereocenters. The fraction of sp³-hybridized carbons (Fsp3) is 0.217. The van der Waals surface area contributed by atoms with E-state index in [2.05, 4.69) is 15.0 Å². The second-order valence-corrected chi connectivity index (χ2v) is 7.85. The zero-order valence-corrected chi connectivity index (χ0v) is 20.8. The van der Waals surface area contributed by atoms with Crippen LogP contribution in [-0.4, -0.2) is 58.5 Å². The van der Waals surface area contributed by atoms with Gasteiger partial charge in [-0.15, -0.1) is 0 Å². The summed E-state index contributed by atoms with van der Waals surface area (Å²) in [6.45, 7) is -1.21. The van der Waals surface area contributed by atoms with E-state index in [-0.39, 0.29) is 56.6 Å². The molecule has 2 N–H and O–H groups in total. The number of hydrogen-bond donors (Lipinski definition) is 2. The molecule has 0 spiro atoms. The number of fused-ring (bicyclic) bond motifs is 1. The Morgan fingerprint density at radius 3 is 2.45 bits per heavy atom. The van der Waals surface area contributed by atoms with E-state index >= 15 is 0 Å². The number of rotatable bonds is 10. The van der Waals surface area contributed by atoms with Crippen LogP contribution >= 0.6 is 11.6 Å². The molecule has 0 aliphatic rings. The summed E-state index contributed by atoms with van der Waals surface area (Å²) in [7, 11) is 3.92. The zero-order chi connectivity index (χ0) is 27.6. The highest BCUT2D eigenvalue weighted by Crippen LogP contribution is 2.37. The van der Waals surface area contributed by atoms with E-state index in [9.17, 15) is 18.4 Å². The van der Waals surface area contributed by atoms with Crippen molar-refractivity contribution in [2.45, 2.75) is 6.61 Å². The number of H-pyrrole nitrogens is 1. The van der Waals surface area contributed by atoms with E-state index < -0.39 is 36.5 Å². The van der Waals surface area contributed by atoms with E-state index in [1.165, 1.54) is 39.5 Å². The van der Waals surface area contributed by atoms with Gasteiger partial charge in [0.15, 0.2) is 35.4 Å². The van der Waals surface area contributed by atoms with E-state index in [1.54, 1.807) is 0 Å². The van der Waals surface area contributed by atoms with Crippen molar-refractivity contribution in [1.82, 2.24) is 19.5 Å². The topological polar surface area (TPSA) is 147 Å². The number of aromatic nitrogens is 4. The number of carboxylic acid groups (broad SMARTS) is 1. The fourth-order valence-corrected chi connectivity index (χ4v) is 3.76. The van der Waals surface area contributed by atoms with Crippen LogP contribution in [0.15, 0.2) is 29.1 Å². The van der Waals surface area contributed by atoms with E-state index in [4.69, 9.17) is 40.4 Å². The molecular weight excluding hydrogens is 534 g/mol. The van der Waals surface area contributed by atoms with Gasteiger partial charge in [0.1, 0.15) is 17.9 Å². The van der Waals surface area contributed by atoms with Crippen LogP contribution in [0.5, 0.6) is 29.1 Å². The highest BCUT2D eigenvalue weighted by molar-refractivity contribution is 6.32. The normalized spacial score (nSPS) is 10.9. The van der Waals surface area contributed by atoms with E-state index in [1.807, 2.05) is 0 Å². The highest BCUT2D eigenvalue weighted by Gasteiger charge is 2.22. The Kier molecular flexibility index (Phi) is 7.52. The van der Waals surface area contributed by atoms with Crippen molar-refractivity contribution >= 4 is 28.7 Å². The standard InChI is InChI=1S/C23H19ClF2N4O8/c1-34-14-5-4-12(25)18(26)10(14)8-37-16-7-13(11(24)6-15(16)35-2)30-20-19(27-23(30)33)21(36-3)29-22(28-20)38-9-17(31)32/h4-7H,8-9H2,1-3H3,(H,27,33)(H,31,32). The van der Waals surface area contributed by atoms with Gasteiger partial charge in [0.25, 0.3) is 0 Å². The highest BCUT2D eigenvalue weighted by atomic mass is 35.5. The van der Waals surface area contributed by atoms with Gasteiger partial charge >= 0.3 is 17.7 Å². The molecule has 0 fully saturated rings. The first kappa shape index (κ1) is 26.5. The van der Waals surface area contributed by atoms with Crippen molar-refractivity contribution in [3.05, 3.63) is 57.0 Å². The molecule has 0 aliphatic carbocycles. The molecule has 15 heteroatoms. The molecule has 2 aromatic heterocycles. The first-order valence-corrected chi connectivity index (χ1v) is 11.0. The van der Waals surface area contributed by atoms with Gasteiger partial charge in [-0.05, 0) is 12.1 Å². The molecule has 0 radical (unpaired) electrons. The van der Waals surface area contributed by atoms with Gasteiger partial charge in [-0.2, -0.15) is 9.97 Å². The number of halogens is 3. The molecule has 2 heterocycles. The molecular formula is C23H19ClF2N4O8. The number of nitrogens with zero attached hydrogens (tertiary/aromatic N) is 3. The summed E-state index contributed by atoms with van der Waals surface area (Å²) in [5.74, 6) is -3.41. The Hall–Kier alpha value is -4.59. The number of imidazole rings is 1. The molecule has 0 saturated carbocycles. The second-order valence-electron chi connectivity index (χ2n) is 7.45. The minimum atomic E-state index is -1.27. The van der Waals surface area contributed by atoms with Crippen LogP contribution < -0.4 is 29.4 Å². The number of carboxylic acids is 1. The maximum Gasteiger partial charge on any atom is 0.341 e. The van der Waals surface area contributed by atoms with Crippen molar-refractivity contribution in [3.63, 3.8) is 0 Å². The molecule has 0 bridgehead atoms. The lowest BCUT2D eigenvalue weighted by Crippen LogP contribution is -2.16. The van der Waals surface area contributed by atoms with Crippen molar-refractivity contribution in [1.29, 1.82) is 0 Å². The lowest BCUT2D eigenvalue weighted by Gasteiger charge is -2.16. The van der Waals surface area contributed by atoms with Crippen LogP contribution in [-0.2, 0) is 11.4 Å². The number of hydrogen-bond acceptors (Lipinski definition) is 9. The molecule has 0 aliphatic heterocycles. The summed E-state index contributed by atoms with van der Waals surface area (Å²) < 4.78 is 55.7. The number of carbonyl (C=O) groups is 1. The van der Waals surface area contributed by atoms with Gasteiger partial charge < -0.3 is 28.8 Å². The molecule has 12 nitrogen and oxygen atoms in total. The van der Waals surface area contributed by atoms with Gasteiger partial charge in [-0.25, -0.2) is 22.9 Å². The summed E-state index contributed by atoms with van der Waals surface area (Å²) in [5, 5.41) is 8.92. The number of methoxy groups -OCH3 is 3. The lowest BCUT2D eigenvalue weighted by atomic mass is 10.2. The van der Waals surface area contributed by atoms with Gasteiger partial charge in [0, 0.05) is 12.1 Å². The predicted octanol–water partition coefficient (Wildman–Crippen LogP) is 3.11. The Bertz CT molecular complexity index is 1590. The van der Waals surface area contributed by atoms with Crippen LogP contribution in [0.1, 0.15) is 5.56 Å². The summed E-state index contributed by atoms with van der Waals surface area (Å²) in [6.07, 6.45) is 0. The summed E-state index contributed by atoms with van der Waals surface area (Å²) in [6, 6.07) is 4.47. The minimum Gasteiger partial charge on any atom is -0.496 e. The van der Waals surface area contributed by atoms with Crippen LogP contribution in [0.3, 0.4) is 0 Å². The van der Waals surface area contributed by atoms with Crippen molar-refractivity contribution in [2.75, 3.05) is 27.9 Å². The summed E-state index contributed by atoms with van der Waals surface area (Å²) in [5.41, 5.74) is -0.832. The summed E-state index contributed by atoms with van der Waals surface area (Å²) >= 11 is 6.45. The SMILES string of the molecule is COc1cc(Cl)c(-n2c(=O)[nH]c3c(OC)nc(OCC(=O)O)nc32)cc1OCc1c(OC)ccc(F)c1F. The minimum absolute atomic E-state index is 0.0160. The van der Waals surface area contributed by atoms with Gasteiger partial charge in [-0.1, -0.05) is 11.6 Å². The van der Waals surface area contributed by atoms with Crippen LogP contribution in [0.25, 0.3) is 16.9 Å². The summed E-state index contributed by atoms with van der Waals surface area (Å²) in [4.78, 5) is 34.5. The third kappa shape index (κ3) is 4.98. The van der Waals surface area contributed by atoms with E-state index in [0.29, 0.717) is 0 Å². The van der Waals surface area contributed by atoms with Crippen LogP contribution in [0.4, 0.5) is 8.78 Å².